The first kappa shape index (κ1) is 13.1. The van der Waals surface area contributed by atoms with E-state index in [1.807, 2.05) is 24.3 Å². The van der Waals surface area contributed by atoms with Crippen LogP contribution in [0.3, 0.4) is 0 Å². The first-order valence-corrected chi connectivity index (χ1v) is 6.60. The van der Waals surface area contributed by atoms with E-state index in [0.29, 0.717) is 19.3 Å². The van der Waals surface area contributed by atoms with Crippen LogP contribution in [-0.2, 0) is 11.4 Å². The molecule has 1 aromatic rings. The van der Waals surface area contributed by atoms with Crippen LogP contribution in [-0.4, -0.2) is 12.7 Å². The molecule has 1 fully saturated rings. The summed E-state index contributed by atoms with van der Waals surface area (Å²) >= 11 is 0. The number of hydrogen-bond donors (Lipinski definition) is 1. The molecule has 18 heavy (non-hydrogen) atoms. The van der Waals surface area contributed by atoms with E-state index in [4.69, 9.17) is 9.57 Å². The van der Waals surface area contributed by atoms with Crippen molar-refractivity contribution in [1.82, 2.24) is 5.48 Å². The summed E-state index contributed by atoms with van der Waals surface area (Å²) in [5.74, 6) is 0.889. The number of benzene rings is 1. The van der Waals surface area contributed by atoms with E-state index in [-0.39, 0.29) is 0 Å². The van der Waals surface area contributed by atoms with Crippen LogP contribution in [0.15, 0.2) is 36.9 Å². The second-order valence-corrected chi connectivity index (χ2v) is 4.55. The van der Waals surface area contributed by atoms with Gasteiger partial charge in [-0.25, -0.2) is 0 Å². The van der Waals surface area contributed by atoms with Crippen LogP contribution in [0.25, 0.3) is 0 Å². The van der Waals surface area contributed by atoms with Crippen molar-refractivity contribution in [3.05, 3.63) is 42.5 Å². The van der Waals surface area contributed by atoms with Gasteiger partial charge in [-0.05, 0) is 18.9 Å². The Morgan fingerprint density at radius 3 is 2.83 bits per heavy atom. The molecule has 0 atom stereocenters. The number of hydroxylamine groups is 1. The van der Waals surface area contributed by atoms with E-state index >= 15 is 0 Å². The van der Waals surface area contributed by atoms with Crippen molar-refractivity contribution in [3.63, 3.8) is 0 Å². The van der Waals surface area contributed by atoms with Gasteiger partial charge in [-0.2, -0.15) is 5.48 Å². The standard InChI is InChI=1S/C15H21NO2/c1-2-11-17-15-10-6-3-7-13(15)12-16-18-14-8-4-5-9-14/h2-3,6-7,10,14,16H,1,4-5,8-9,11-12H2. The molecule has 1 N–H and O–H groups in total. The number of hydrogen-bond acceptors (Lipinski definition) is 3. The molecule has 3 heteroatoms. The zero-order valence-corrected chi connectivity index (χ0v) is 10.7. The fourth-order valence-corrected chi connectivity index (χ4v) is 2.18. The van der Waals surface area contributed by atoms with Gasteiger partial charge in [-0.3, -0.25) is 4.84 Å². The van der Waals surface area contributed by atoms with Crippen molar-refractivity contribution in [2.75, 3.05) is 6.61 Å². The van der Waals surface area contributed by atoms with E-state index in [9.17, 15) is 0 Å². The number of nitrogens with one attached hydrogen (secondary N) is 1. The minimum absolute atomic E-state index is 0.381. The maximum Gasteiger partial charge on any atom is 0.124 e. The number of rotatable bonds is 7. The first-order chi connectivity index (χ1) is 8.90. The Hall–Kier alpha value is -1.32. The van der Waals surface area contributed by atoms with Crippen molar-refractivity contribution >= 4 is 0 Å². The zero-order valence-electron chi connectivity index (χ0n) is 10.7. The predicted octanol–water partition coefficient (Wildman–Crippen LogP) is 3.22. The van der Waals surface area contributed by atoms with Crippen LogP contribution < -0.4 is 10.2 Å². The molecule has 3 nitrogen and oxygen atoms in total. The highest BCUT2D eigenvalue weighted by Crippen LogP contribution is 2.21. The van der Waals surface area contributed by atoms with Gasteiger partial charge < -0.3 is 4.74 Å². The molecule has 1 aliphatic carbocycles. The lowest BCUT2D eigenvalue weighted by molar-refractivity contribution is -0.0246. The molecule has 98 valence electrons. The smallest absolute Gasteiger partial charge is 0.124 e. The Morgan fingerprint density at radius 2 is 2.06 bits per heavy atom. The lowest BCUT2D eigenvalue weighted by Crippen LogP contribution is -2.21. The van der Waals surface area contributed by atoms with E-state index in [2.05, 4.69) is 12.1 Å². The second kappa shape index (κ2) is 7.19. The number of ether oxygens (including phenoxy) is 1. The van der Waals surface area contributed by atoms with Gasteiger partial charge in [0, 0.05) is 12.1 Å². The summed E-state index contributed by atoms with van der Waals surface area (Å²) < 4.78 is 5.60. The average molecular weight is 247 g/mol. The normalized spacial score (nSPS) is 15.8. The number of para-hydroxylation sites is 1. The molecule has 0 bridgehead atoms. The maximum absolute atomic E-state index is 5.64. The van der Waals surface area contributed by atoms with Gasteiger partial charge >= 0.3 is 0 Å². The van der Waals surface area contributed by atoms with Crippen molar-refractivity contribution in [3.8, 4) is 5.75 Å². The highest BCUT2D eigenvalue weighted by Gasteiger charge is 2.15. The molecule has 0 unspecified atom stereocenters. The van der Waals surface area contributed by atoms with Gasteiger partial charge in [0.2, 0.25) is 0 Å². The second-order valence-electron chi connectivity index (χ2n) is 4.55. The fraction of sp³-hybridized carbons (Fsp3) is 0.467. The molecule has 0 spiro atoms. The van der Waals surface area contributed by atoms with Crippen molar-refractivity contribution in [2.24, 2.45) is 0 Å². The van der Waals surface area contributed by atoms with Gasteiger partial charge in [-0.1, -0.05) is 43.7 Å². The summed E-state index contributed by atoms with van der Waals surface area (Å²) in [4.78, 5) is 5.64. The van der Waals surface area contributed by atoms with E-state index in [1.165, 1.54) is 25.7 Å². The zero-order chi connectivity index (χ0) is 12.6. The molecule has 1 aliphatic rings. The maximum atomic E-state index is 5.64. The molecular weight excluding hydrogens is 226 g/mol. The van der Waals surface area contributed by atoms with Crippen LogP contribution in [0, 0.1) is 0 Å². The SMILES string of the molecule is C=CCOc1ccccc1CNOC1CCCC1. The van der Waals surface area contributed by atoms with Crippen LogP contribution in [0.4, 0.5) is 0 Å². The molecule has 0 aliphatic heterocycles. The topological polar surface area (TPSA) is 30.5 Å². The summed E-state index contributed by atoms with van der Waals surface area (Å²) in [5, 5.41) is 0. The largest absolute Gasteiger partial charge is 0.489 e. The third kappa shape index (κ3) is 3.86. The fourth-order valence-electron chi connectivity index (χ4n) is 2.18. The third-order valence-electron chi connectivity index (χ3n) is 3.14. The molecule has 1 aromatic carbocycles. The lowest BCUT2D eigenvalue weighted by Gasteiger charge is -2.14. The monoisotopic (exact) mass is 247 g/mol. The Balaban J connectivity index is 1.81. The first-order valence-electron chi connectivity index (χ1n) is 6.60. The quantitative estimate of drug-likeness (QED) is 0.593. The van der Waals surface area contributed by atoms with Crippen molar-refractivity contribution < 1.29 is 9.57 Å². The minimum atomic E-state index is 0.381. The van der Waals surface area contributed by atoms with Crippen molar-refractivity contribution in [1.29, 1.82) is 0 Å². The van der Waals surface area contributed by atoms with E-state index in [1.54, 1.807) is 6.08 Å². The van der Waals surface area contributed by atoms with Gasteiger partial charge in [0.05, 0.1) is 6.10 Å². The Labute approximate surface area is 109 Å². The molecule has 0 saturated heterocycles. The van der Waals surface area contributed by atoms with Crippen LogP contribution in [0.1, 0.15) is 31.2 Å². The molecule has 0 heterocycles. The molecular formula is C15H21NO2. The summed E-state index contributed by atoms with van der Waals surface area (Å²) in [6.07, 6.45) is 7.03. The molecule has 1 saturated carbocycles. The van der Waals surface area contributed by atoms with Gasteiger partial charge in [0.1, 0.15) is 12.4 Å². The van der Waals surface area contributed by atoms with Gasteiger partial charge in [-0.15, -0.1) is 0 Å². The average Bonchev–Trinajstić information content (AvgIpc) is 2.91. The van der Waals surface area contributed by atoms with E-state index < -0.39 is 0 Å². The summed E-state index contributed by atoms with van der Waals surface area (Å²) in [6, 6.07) is 7.99. The molecule has 0 aromatic heterocycles. The minimum Gasteiger partial charge on any atom is -0.489 e. The van der Waals surface area contributed by atoms with E-state index in [0.717, 1.165) is 11.3 Å². The van der Waals surface area contributed by atoms with Gasteiger partial charge in [0.15, 0.2) is 0 Å². The molecule has 2 rings (SSSR count). The summed E-state index contributed by atoms with van der Waals surface area (Å²) in [7, 11) is 0. The van der Waals surface area contributed by atoms with Crippen LogP contribution in [0.5, 0.6) is 5.75 Å². The summed E-state index contributed by atoms with van der Waals surface area (Å²) in [5.41, 5.74) is 4.16. The van der Waals surface area contributed by atoms with Crippen molar-refractivity contribution in [2.45, 2.75) is 38.3 Å². The molecule has 0 radical (unpaired) electrons. The van der Waals surface area contributed by atoms with Crippen LogP contribution >= 0.6 is 0 Å². The third-order valence-corrected chi connectivity index (χ3v) is 3.14. The van der Waals surface area contributed by atoms with Crippen LogP contribution in [0.2, 0.25) is 0 Å². The highest BCUT2D eigenvalue weighted by molar-refractivity contribution is 5.33. The Bertz CT molecular complexity index is 373. The Morgan fingerprint density at radius 1 is 1.28 bits per heavy atom. The molecule has 0 amide bonds. The summed E-state index contributed by atoms with van der Waals surface area (Å²) in [6.45, 7) is 4.85. The Kier molecular flexibility index (Phi) is 5.24. The predicted molar refractivity (Wildman–Crippen MR) is 72.3 cm³/mol. The highest BCUT2D eigenvalue weighted by atomic mass is 16.7. The lowest BCUT2D eigenvalue weighted by atomic mass is 10.2. The van der Waals surface area contributed by atoms with Gasteiger partial charge in [0.25, 0.3) is 0 Å².